The molecule has 1 aromatic carbocycles. The zero-order chi connectivity index (χ0) is 20.5. The molecule has 0 saturated heterocycles. The minimum atomic E-state index is 0. The minimum Gasteiger partial charge on any atom is -0.439 e. The first-order valence-corrected chi connectivity index (χ1v) is 10.1. The number of hydrogen-bond donors (Lipinski definition) is 2. The molecule has 2 rings (SSSR count). The average Bonchev–Trinajstić information content (AvgIpc) is 3.13. The largest absolute Gasteiger partial charge is 0.439 e. The van der Waals surface area contributed by atoms with E-state index in [1.54, 1.807) is 13.2 Å². The van der Waals surface area contributed by atoms with Gasteiger partial charge in [-0.05, 0) is 41.0 Å². The predicted molar refractivity (Wildman–Crippen MR) is 132 cm³/mol. The molecule has 0 amide bonds. The molecule has 2 N–H and O–H groups in total. The maximum atomic E-state index is 5.85. The molecule has 0 unspecified atom stereocenters. The molecule has 0 aliphatic rings. The van der Waals surface area contributed by atoms with Crippen molar-refractivity contribution in [3.8, 4) is 11.3 Å². The van der Waals surface area contributed by atoms with Crippen molar-refractivity contribution in [3.05, 3.63) is 41.9 Å². The van der Waals surface area contributed by atoms with Gasteiger partial charge in [-0.25, -0.2) is 4.98 Å². The van der Waals surface area contributed by atoms with Gasteiger partial charge in [-0.15, -0.1) is 24.0 Å². The van der Waals surface area contributed by atoms with Gasteiger partial charge in [0, 0.05) is 37.8 Å². The maximum Gasteiger partial charge on any atom is 0.214 e. The zero-order valence-corrected chi connectivity index (χ0v) is 20.9. The van der Waals surface area contributed by atoms with Crippen molar-refractivity contribution < 1.29 is 4.42 Å². The number of nitrogens with zero attached hydrogens (tertiary/aromatic N) is 3. The second kappa shape index (κ2) is 12.8. The summed E-state index contributed by atoms with van der Waals surface area (Å²) in [4.78, 5) is 11.1. The molecule has 2 aromatic rings. The van der Waals surface area contributed by atoms with Gasteiger partial charge in [0.25, 0.3) is 0 Å². The van der Waals surface area contributed by atoms with Crippen LogP contribution in [0, 0.1) is 6.92 Å². The molecule has 0 saturated carbocycles. The van der Waals surface area contributed by atoms with Gasteiger partial charge in [-0.3, -0.25) is 9.89 Å². The average molecular weight is 513 g/mol. The van der Waals surface area contributed by atoms with Crippen LogP contribution in [0.3, 0.4) is 0 Å². The van der Waals surface area contributed by atoms with Crippen LogP contribution in [0.5, 0.6) is 0 Å². The Labute approximate surface area is 192 Å². The minimum absolute atomic E-state index is 0. The smallest absolute Gasteiger partial charge is 0.214 e. The van der Waals surface area contributed by atoms with Crippen LogP contribution in [0.1, 0.15) is 45.6 Å². The van der Waals surface area contributed by atoms with Crippen LogP contribution < -0.4 is 10.6 Å². The first-order chi connectivity index (χ1) is 13.4. The lowest BCUT2D eigenvalue weighted by atomic mass is 10.1. The molecule has 1 heterocycles. The molecular formula is C22H36IN5O. The van der Waals surface area contributed by atoms with E-state index in [-0.39, 0.29) is 24.0 Å². The predicted octanol–water partition coefficient (Wildman–Crippen LogP) is 4.44. The van der Waals surface area contributed by atoms with Crippen molar-refractivity contribution >= 4 is 29.9 Å². The Morgan fingerprint density at radius 2 is 1.76 bits per heavy atom. The molecule has 0 atom stereocenters. The number of aromatic nitrogens is 1. The van der Waals surface area contributed by atoms with E-state index in [0.29, 0.717) is 24.5 Å². The Bertz CT molecular complexity index is 732. The summed E-state index contributed by atoms with van der Waals surface area (Å²) in [5.41, 5.74) is 2.26. The van der Waals surface area contributed by atoms with E-state index < -0.39 is 0 Å². The summed E-state index contributed by atoms with van der Waals surface area (Å²) in [6.07, 6.45) is 2.83. The van der Waals surface area contributed by atoms with Gasteiger partial charge in [0.1, 0.15) is 0 Å². The number of guanidine groups is 1. The van der Waals surface area contributed by atoms with E-state index in [1.807, 2.05) is 12.1 Å². The fourth-order valence-electron chi connectivity index (χ4n) is 3.20. The second-order valence-electron chi connectivity index (χ2n) is 7.62. The van der Waals surface area contributed by atoms with Gasteiger partial charge in [-0.1, -0.05) is 29.8 Å². The highest BCUT2D eigenvalue weighted by Crippen LogP contribution is 2.20. The van der Waals surface area contributed by atoms with E-state index >= 15 is 0 Å². The fraction of sp³-hybridized carbons (Fsp3) is 0.545. The van der Waals surface area contributed by atoms with Gasteiger partial charge < -0.3 is 15.1 Å². The van der Waals surface area contributed by atoms with Crippen molar-refractivity contribution in [2.45, 2.75) is 59.7 Å². The third-order valence-electron chi connectivity index (χ3n) is 4.73. The summed E-state index contributed by atoms with van der Waals surface area (Å²) < 4.78 is 5.85. The maximum absolute atomic E-state index is 5.85. The van der Waals surface area contributed by atoms with Gasteiger partial charge in [0.15, 0.2) is 11.7 Å². The number of halogens is 1. The van der Waals surface area contributed by atoms with E-state index in [0.717, 1.165) is 36.8 Å². The quantitative estimate of drug-likeness (QED) is 0.225. The molecule has 162 valence electrons. The number of aliphatic imine (C=N–C) groups is 1. The van der Waals surface area contributed by atoms with Crippen LogP contribution >= 0.6 is 24.0 Å². The normalized spacial score (nSPS) is 11.8. The molecule has 0 aliphatic heterocycles. The molecule has 0 spiro atoms. The van der Waals surface area contributed by atoms with Crippen LogP contribution in [0.15, 0.2) is 39.9 Å². The number of rotatable bonds is 9. The van der Waals surface area contributed by atoms with Crippen LogP contribution in [0.4, 0.5) is 0 Å². The molecule has 7 heteroatoms. The fourth-order valence-corrected chi connectivity index (χ4v) is 3.20. The van der Waals surface area contributed by atoms with Gasteiger partial charge in [-0.2, -0.15) is 0 Å². The van der Waals surface area contributed by atoms with E-state index in [1.165, 1.54) is 5.56 Å². The summed E-state index contributed by atoms with van der Waals surface area (Å²) in [7, 11) is 1.77. The number of hydrogen-bond acceptors (Lipinski definition) is 4. The van der Waals surface area contributed by atoms with E-state index in [2.05, 4.69) is 72.3 Å². The lowest BCUT2D eigenvalue weighted by Gasteiger charge is -2.30. The Morgan fingerprint density at radius 3 is 2.34 bits per heavy atom. The van der Waals surface area contributed by atoms with Gasteiger partial charge >= 0.3 is 0 Å². The van der Waals surface area contributed by atoms with Crippen LogP contribution in [-0.2, 0) is 6.54 Å². The Kier molecular flexibility index (Phi) is 11.3. The summed E-state index contributed by atoms with van der Waals surface area (Å²) in [5, 5.41) is 6.62. The van der Waals surface area contributed by atoms with Crippen LogP contribution in [0.25, 0.3) is 11.3 Å². The second-order valence-corrected chi connectivity index (χ2v) is 7.62. The topological polar surface area (TPSA) is 65.7 Å². The highest BCUT2D eigenvalue weighted by atomic mass is 127. The van der Waals surface area contributed by atoms with Crippen molar-refractivity contribution in [2.24, 2.45) is 4.99 Å². The number of aryl methyl sites for hydroxylation is 1. The Balaban J connectivity index is 0.00000420. The van der Waals surface area contributed by atoms with Crippen molar-refractivity contribution in [2.75, 3.05) is 20.1 Å². The summed E-state index contributed by atoms with van der Waals surface area (Å²) in [6.45, 7) is 13.5. The van der Waals surface area contributed by atoms with Crippen LogP contribution in [-0.4, -0.2) is 48.1 Å². The highest BCUT2D eigenvalue weighted by Gasteiger charge is 2.12. The molecule has 0 fully saturated rings. The summed E-state index contributed by atoms with van der Waals surface area (Å²) in [6, 6.07) is 9.36. The van der Waals surface area contributed by atoms with Crippen molar-refractivity contribution in [3.63, 3.8) is 0 Å². The lowest BCUT2D eigenvalue weighted by Crippen LogP contribution is -2.41. The standard InChI is InChI=1S/C22H35N5O.HI/c1-16(2)27(17(3)4)13-7-12-24-22(23-6)26-15-21-25-14-20(28-21)19-10-8-18(5)9-11-19;/h8-11,14,16-17H,7,12-13,15H2,1-6H3,(H2,23,24,26);1H. The molecule has 0 radical (unpaired) electrons. The zero-order valence-electron chi connectivity index (χ0n) is 18.5. The number of nitrogens with one attached hydrogen (secondary N) is 2. The number of oxazole rings is 1. The Morgan fingerprint density at radius 1 is 1.10 bits per heavy atom. The molecule has 0 aliphatic carbocycles. The molecule has 29 heavy (non-hydrogen) atoms. The molecule has 6 nitrogen and oxygen atoms in total. The number of benzene rings is 1. The summed E-state index contributed by atoms with van der Waals surface area (Å²) in [5.74, 6) is 2.18. The van der Waals surface area contributed by atoms with E-state index in [4.69, 9.17) is 4.42 Å². The molecule has 0 bridgehead atoms. The SMILES string of the molecule is CN=C(NCCCN(C(C)C)C(C)C)NCc1ncc(-c2ccc(C)cc2)o1.I. The summed E-state index contributed by atoms with van der Waals surface area (Å²) >= 11 is 0. The Hall–Kier alpha value is -1.61. The third-order valence-corrected chi connectivity index (χ3v) is 4.73. The first kappa shape index (κ1) is 25.4. The monoisotopic (exact) mass is 513 g/mol. The highest BCUT2D eigenvalue weighted by molar-refractivity contribution is 14.0. The first-order valence-electron chi connectivity index (χ1n) is 10.1. The lowest BCUT2D eigenvalue weighted by molar-refractivity contribution is 0.173. The molecular weight excluding hydrogens is 477 g/mol. The van der Waals surface area contributed by atoms with Crippen LogP contribution in [0.2, 0.25) is 0 Å². The van der Waals surface area contributed by atoms with Gasteiger partial charge in [0.05, 0.1) is 12.7 Å². The third kappa shape index (κ3) is 8.34. The van der Waals surface area contributed by atoms with Crippen molar-refractivity contribution in [1.29, 1.82) is 0 Å². The van der Waals surface area contributed by atoms with Crippen molar-refractivity contribution in [1.82, 2.24) is 20.5 Å². The van der Waals surface area contributed by atoms with Gasteiger partial charge in [0.2, 0.25) is 5.89 Å². The molecule has 1 aromatic heterocycles. The van der Waals surface area contributed by atoms with E-state index in [9.17, 15) is 0 Å².